The Morgan fingerprint density at radius 3 is 2.78 bits per heavy atom. The SMILES string of the molecule is COc1ccccc1-n1cc(S(=O)(=O)NC2(CN)CCCCC2C)cn1.Cl. The lowest BCUT2D eigenvalue weighted by atomic mass is 9.74. The molecule has 1 heterocycles. The van der Waals surface area contributed by atoms with Gasteiger partial charge in [-0.05, 0) is 30.9 Å². The molecule has 3 rings (SSSR count). The summed E-state index contributed by atoms with van der Waals surface area (Å²) < 4.78 is 35.6. The molecule has 0 aliphatic heterocycles. The smallest absolute Gasteiger partial charge is 0.244 e. The molecule has 1 aromatic carbocycles. The van der Waals surface area contributed by atoms with Crippen LogP contribution in [0.15, 0.2) is 41.6 Å². The predicted octanol–water partition coefficient (Wildman–Crippen LogP) is 2.49. The van der Waals surface area contributed by atoms with E-state index in [1.165, 1.54) is 17.1 Å². The number of hydrogen-bond acceptors (Lipinski definition) is 5. The standard InChI is InChI=1S/C18H26N4O3S.ClH/c1-14-7-5-6-10-18(14,13-19)21-26(23,24)15-11-20-22(12-15)16-8-3-4-9-17(16)25-2;/h3-4,8-9,11-12,14,21H,5-7,10,13,19H2,1-2H3;1H. The van der Waals surface area contributed by atoms with Gasteiger partial charge in [0.1, 0.15) is 16.3 Å². The van der Waals surface area contributed by atoms with Gasteiger partial charge in [0.15, 0.2) is 0 Å². The highest BCUT2D eigenvalue weighted by atomic mass is 35.5. The topological polar surface area (TPSA) is 99.2 Å². The minimum Gasteiger partial charge on any atom is -0.494 e. The largest absolute Gasteiger partial charge is 0.494 e. The fourth-order valence-corrected chi connectivity index (χ4v) is 5.10. The molecule has 3 N–H and O–H groups in total. The van der Waals surface area contributed by atoms with Gasteiger partial charge in [0, 0.05) is 12.1 Å². The lowest BCUT2D eigenvalue weighted by molar-refractivity contribution is 0.191. The Hall–Kier alpha value is -1.61. The Morgan fingerprint density at radius 2 is 2.11 bits per heavy atom. The number of benzene rings is 1. The van der Waals surface area contributed by atoms with Crippen LogP contribution in [0.5, 0.6) is 5.75 Å². The Labute approximate surface area is 166 Å². The first-order chi connectivity index (χ1) is 12.4. The number of nitrogens with zero attached hydrogens (tertiary/aromatic N) is 2. The van der Waals surface area contributed by atoms with Crippen molar-refractivity contribution in [2.45, 2.75) is 43.0 Å². The molecular formula is C18H27ClN4O3S. The number of rotatable bonds is 6. The fourth-order valence-electron chi connectivity index (χ4n) is 3.63. The third-order valence-corrected chi connectivity index (χ3v) is 6.86. The highest BCUT2D eigenvalue weighted by Crippen LogP contribution is 2.34. The second-order valence-electron chi connectivity index (χ2n) is 6.91. The zero-order valence-corrected chi connectivity index (χ0v) is 17.2. The monoisotopic (exact) mass is 414 g/mol. The molecule has 7 nitrogen and oxygen atoms in total. The van der Waals surface area contributed by atoms with E-state index in [0.717, 1.165) is 25.7 Å². The van der Waals surface area contributed by atoms with Crippen molar-refractivity contribution in [2.75, 3.05) is 13.7 Å². The summed E-state index contributed by atoms with van der Waals surface area (Å²) in [5.41, 5.74) is 6.07. The van der Waals surface area contributed by atoms with Gasteiger partial charge < -0.3 is 10.5 Å². The van der Waals surface area contributed by atoms with E-state index in [1.807, 2.05) is 18.2 Å². The van der Waals surface area contributed by atoms with Gasteiger partial charge in [-0.1, -0.05) is 31.9 Å². The summed E-state index contributed by atoms with van der Waals surface area (Å²) in [6.07, 6.45) is 6.66. The molecule has 1 aromatic heterocycles. The first-order valence-electron chi connectivity index (χ1n) is 8.84. The highest BCUT2D eigenvalue weighted by Gasteiger charge is 2.40. The number of methoxy groups -OCH3 is 1. The van der Waals surface area contributed by atoms with Crippen molar-refractivity contribution in [1.82, 2.24) is 14.5 Å². The van der Waals surface area contributed by atoms with Crippen LogP contribution < -0.4 is 15.2 Å². The lowest BCUT2D eigenvalue weighted by Gasteiger charge is -2.42. The van der Waals surface area contributed by atoms with Crippen molar-refractivity contribution in [3.05, 3.63) is 36.7 Å². The summed E-state index contributed by atoms with van der Waals surface area (Å²) in [7, 11) is -2.16. The van der Waals surface area contributed by atoms with Crippen molar-refractivity contribution in [3.8, 4) is 11.4 Å². The van der Waals surface area contributed by atoms with E-state index in [0.29, 0.717) is 11.4 Å². The van der Waals surface area contributed by atoms with Gasteiger partial charge in [0.05, 0.1) is 19.5 Å². The maximum atomic E-state index is 13.0. The maximum Gasteiger partial charge on any atom is 0.244 e. The predicted molar refractivity (Wildman–Crippen MR) is 107 cm³/mol. The van der Waals surface area contributed by atoms with Gasteiger partial charge in [-0.2, -0.15) is 5.10 Å². The van der Waals surface area contributed by atoms with Gasteiger partial charge in [0.25, 0.3) is 0 Å². The van der Waals surface area contributed by atoms with Crippen LogP contribution in [0.1, 0.15) is 32.6 Å². The quantitative estimate of drug-likeness (QED) is 0.756. The van der Waals surface area contributed by atoms with Crippen molar-refractivity contribution in [1.29, 1.82) is 0 Å². The number of para-hydroxylation sites is 2. The molecule has 150 valence electrons. The van der Waals surface area contributed by atoms with Gasteiger partial charge in [-0.25, -0.2) is 17.8 Å². The van der Waals surface area contributed by atoms with E-state index in [4.69, 9.17) is 10.5 Å². The molecule has 1 fully saturated rings. The highest BCUT2D eigenvalue weighted by molar-refractivity contribution is 7.89. The minimum atomic E-state index is -3.72. The number of nitrogens with one attached hydrogen (secondary N) is 1. The van der Waals surface area contributed by atoms with Crippen LogP contribution in [0.25, 0.3) is 5.69 Å². The molecule has 9 heteroatoms. The summed E-state index contributed by atoms with van der Waals surface area (Å²) in [4.78, 5) is 0.119. The molecular weight excluding hydrogens is 388 g/mol. The molecule has 0 bridgehead atoms. The van der Waals surface area contributed by atoms with Gasteiger partial charge in [-0.3, -0.25) is 0 Å². The molecule has 1 aliphatic carbocycles. The number of sulfonamides is 1. The van der Waals surface area contributed by atoms with E-state index < -0.39 is 15.6 Å². The minimum absolute atomic E-state index is 0. The molecule has 0 spiro atoms. The van der Waals surface area contributed by atoms with Crippen molar-refractivity contribution in [3.63, 3.8) is 0 Å². The second-order valence-corrected chi connectivity index (χ2v) is 8.59. The van der Waals surface area contributed by atoms with Crippen LogP contribution in [0.2, 0.25) is 0 Å². The number of hydrogen-bond donors (Lipinski definition) is 2. The zero-order chi connectivity index (χ0) is 18.8. The number of halogens is 1. The van der Waals surface area contributed by atoms with Crippen LogP contribution in [0.3, 0.4) is 0 Å². The van der Waals surface area contributed by atoms with E-state index >= 15 is 0 Å². The average Bonchev–Trinajstić information content (AvgIpc) is 3.14. The van der Waals surface area contributed by atoms with Gasteiger partial charge in [0.2, 0.25) is 10.0 Å². The molecule has 2 aromatic rings. The first-order valence-corrected chi connectivity index (χ1v) is 10.3. The molecule has 0 radical (unpaired) electrons. The summed E-state index contributed by atoms with van der Waals surface area (Å²) >= 11 is 0. The molecule has 0 saturated heterocycles. The average molecular weight is 415 g/mol. The molecule has 1 aliphatic rings. The van der Waals surface area contributed by atoms with E-state index in [9.17, 15) is 8.42 Å². The van der Waals surface area contributed by atoms with Crippen molar-refractivity contribution < 1.29 is 13.2 Å². The second kappa shape index (κ2) is 8.60. The Kier molecular flexibility index (Phi) is 6.91. The molecule has 1 saturated carbocycles. The van der Waals surface area contributed by atoms with Crippen LogP contribution in [-0.2, 0) is 10.0 Å². The van der Waals surface area contributed by atoms with Gasteiger partial charge >= 0.3 is 0 Å². The van der Waals surface area contributed by atoms with Crippen LogP contribution in [0, 0.1) is 5.92 Å². The molecule has 2 atom stereocenters. The molecule has 2 unspecified atom stereocenters. The van der Waals surface area contributed by atoms with Crippen LogP contribution in [0.4, 0.5) is 0 Å². The summed E-state index contributed by atoms with van der Waals surface area (Å²) in [6.45, 7) is 2.35. The number of aromatic nitrogens is 2. The van der Waals surface area contributed by atoms with E-state index in [-0.39, 0.29) is 29.8 Å². The number of nitrogens with two attached hydrogens (primary N) is 1. The third-order valence-electron chi connectivity index (χ3n) is 5.36. The Balaban J connectivity index is 0.00000261. The fraction of sp³-hybridized carbons (Fsp3) is 0.500. The van der Waals surface area contributed by atoms with Crippen LogP contribution in [-0.4, -0.2) is 37.4 Å². The third kappa shape index (κ3) is 4.29. The molecule has 27 heavy (non-hydrogen) atoms. The van der Waals surface area contributed by atoms with Crippen molar-refractivity contribution in [2.24, 2.45) is 11.7 Å². The van der Waals surface area contributed by atoms with E-state index in [1.54, 1.807) is 13.2 Å². The lowest BCUT2D eigenvalue weighted by Crippen LogP contribution is -2.58. The summed E-state index contributed by atoms with van der Waals surface area (Å²) in [5, 5.41) is 4.21. The van der Waals surface area contributed by atoms with Crippen molar-refractivity contribution >= 4 is 22.4 Å². The number of ether oxygens (including phenoxy) is 1. The summed E-state index contributed by atoms with van der Waals surface area (Å²) in [6, 6.07) is 7.32. The summed E-state index contributed by atoms with van der Waals surface area (Å²) in [5.74, 6) is 0.812. The normalized spacial score (nSPS) is 22.9. The Morgan fingerprint density at radius 1 is 1.37 bits per heavy atom. The Bertz CT molecular complexity index is 871. The molecule has 0 amide bonds. The van der Waals surface area contributed by atoms with E-state index in [2.05, 4.69) is 16.7 Å². The van der Waals surface area contributed by atoms with Gasteiger partial charge in [-0.15, -0.1) is 12.4 Å². The van der Waals surface area contributed by atoms with Crippen LogP contribution >= 0.6 is 12.4 Å². The first kappa shape index (κ1) is 21.7. The zero-order valence-electron chi connectivity index (χ0n) is 15.6. The maximum absolute atomic E-state index is 13.0.